The molecule has 0 aliphatic carbocycles. The molecule has 0 saturated heterocycles. The fraction of sp³-hybridized carbons (Fsp3) is 0.263. The van der Waals surface area contributed by atoms with Crippen molar-refractivity contribution in [1.82, 2.24) is 20.2 Å². The number of rotatable bonds is 6. The third-order valence-electron chi connectivity index (χ3n) is 3.91. The molecule has 0 unspecified atom stereocenters. The van der Waals surface area contributed by atoms with Crippen molar-refractivity contribution in [3.05, 3.63) is 59.7 Å². The van der Waals surface area contributed by atoms with Crippen molar-refractivity contribution in [3.8, 4) is 5.69 Å². The van der Waals surface area contributed by atoms with Crippen LogP contribution in [0.25, 0.3) is 5.69 Å². The Morgan fingerprint density at radius 1 is 1.12 bits per heavy atom. The Morgan fingerprint density at radius 2 is 1.81 bits per heavy atom. The first-order chi connectivity index (χ1) is 12.5. The van der Waals surface area contributed by atoms with Crippen molar-refractivity contribution in [2.45, 2.75) is 31.8 Å². The number of carbonyl (C=O) groups is 1. The van der Waals surface area contributed by atoms with Gasteiger partial charge < -0.3 is 5.32 Å². The molecular formula is C19H21N5OS. The zero-order chi connectivity index (χ0) is 18.5. The van der Waals surface area contributed by atoms with E-state index in [9.17, 15) is 4.79 Å². The van der Waals surface area contributed by atoms with Crippen LogP contribution in [0.4, 0.5) is 5.69 Å². The monoisotopic (exact) mass is 367 g/mol. The fourth-order valence-corrected chi connectivity index (χ4v) is 3.09. The van der Waals surface area contributed by atoms with Gasteiger partial charge in [-0.3, -0.25) is 4.79 Å². The Bertz CT molecular complexity index is 872. The molecule has 1 heterocycles. The minimum absolute atomic E-state index is 0.0939. The number of amides is 1. The van der Waals surface area contributed by atoms with Gasteiger partial charge in [-0.25, -0.2) is 0 Å². The van der Waals surface area contributed by atoms with Crippen molar-refractivity contribution >= 4 is 23.4 Å². The van der Waals surface area contributed by atoms with Gasteiger partial charge in [0, 0.05) is 5.69 Å². The van der Waals surface area contributed by atoms with E-state index in [1.165, 1.54) is 17.3 Å². The van der Waals surface area contributed by atoms with Crippen molar-refractivity contribution in [1.29, 1.82) is 0 Å². The maximum absolute atomic E-state index is 12.2. The van der Waals surface area contributed by atoms with Crippen LogP contribution in [0.5, 0.6) is 0 Å². The summed E-state index contributed by atoms with van der Waals surface area (Å²) in [6.45, 7) is 6.31. The predicted molar refractivity (Wildman–Crippen MR) is 104 cm³/mol. The van der Waals surface area contributed by atoms with E-state index in [4.69, 9.17) is 0 Å². The number of aryl methyl sites for hydroxylation is 1. The van der Waals surface area contributed by atoms with Gasteiger partial charge in [-0.05, 0) is 53.1 Å². The highest BCUT2D eigenvalue weighted by Crippen LogP contribution is 2.21. The Hall–Kier alpha value is -2.67. The number of anilines is 1. The third kappa shape index (κ3) is 4.49. The summed E-state index contributed by atoms with van der Waals surface area (Å²) in [7, 11) is 0. The number of hydrogen-bond donors (Lipinski definition) is 1. The number of aromatic nitrogens is 4. The third-order valence-corrected chi connectivity index (χ3v) is 4.83. The van der Waals surface area contributed by atoms with E-state index in [1.54, 1.807) is 4.68 Å². The number of tetrazole rings is 1. The molecule has 0 radical (unpaired) electrons. The molecule has 1 aromatic heterocycles. The molecule has 26 heavy (non-hydrogen) atoms. The second-order valence-corrected chi connectivity index (χ2v) is 7.26. The van der Waals surface area contributed by atoms with Gasteiger partial charge in [-0.1, -0.05) is 55.4 Å². The number of thioether (sulfide) groups is 1. The SMILES string of the molecule is Cc1ccc(NC(=O)CSc2nnnn2-c2ccc(C(C)C)cc2)cc1. The minimum atomic E-state index is -0.0939. The van der Waals surface area contributed by atoms with Crippen LogP contribution < -0.4 is 5.32 Å². The molecule has 0 atom stereocenters. The number of benzene rings is 2. The summed E-state index contributed by atoms with van der Waals surface area (Å²) in [6, 6.07) is 15.8. The lowest BCUT2D eigenvalue weighted by Crippen LogP contribution is -2.14. The van der Waals surface area contributed by atoms with E-state index < -0.39 is 0 Å². The van der Waals surface area contributed by atoms with Gasteiger partial charge in [0.25, 0.3) is 0 Å². The van der Waals surface area contributed by atoms with Gasteiger partial charge in [0.15, 0.2) is 0 Å². The summed E-state index contributed by atoms with van der Waals surface area (Å²) < 4.78 is 1.65. The summed E-state index contributed by atoms with van der Waals surface area (Å²) in [4.78, 5) is 12.2. The van der Waals surface area contributed by atoms with Crippen LogP contribution in [0.3, 0.4) is 0 Å². The fourth-order valence-electron chi connectivity index (χ4n) is 2.40. The number of hydrogen-bond acceptors (Lipinski definition) is 5. The van der Waals surface area contributed by atoms with Crippen LogP contribution >= 0.6 is 11.8 Å². The summed E-state index contributed by atoms with van der Waals surface area (Å²) in [5.41, 5.74) is 4.07. The standard InChI is InChI=1S/C19H21N5OS/c1-13(2)15-6-10-17(11-7-15)24-19(21-22-23-24)26-12-18(25)20-16-8-4-14(3)5-9-16/h4-11,13H,12H2,1-3H3,(H,20,25). The molecule has 0 spiro atoms. The van der Waals surface area contributed by atoms with Crippen molar-refractivity contribution in [2.75, 3.05) is 11.1 Å². The molecule has 0 aliphatic heterocycles. The van der Waals surface area contributed by atoms with Gasteiger partial charge in [-0.2, -0.15) is 4.68 Å². The molecule has 6 nitrogen and oxygen atoms in total. The molecule has 1 N–H and O–H groups in total. The molecule has 2 aromatic carbocycles. The first-order valence-corrected chi connectivity index (χ1v) is 9.39. The molecule has 0 bridgehead atoms. The topological polar surface area (TPSA) is 72.7 Å². The molecular weight excluding hydrogens is 346 g/mol. The van der Waals surface area contributed by atoms with Crippen molar-refractivity contribution < 1.29 is 4.79 Å². The zero-order valence-corrected chi connectivity index (χ0v) is 15.8. The van der Waals surface area contributed by atoms with Crippen LogP contribution in [0.15, 0.2) is 53.7 Å². The molecule has 0 fully saturated rings. The van der Waals surface area contributed by atoms with Crippen LogP contribution in [-0.2, 0) is 4.79 Å². The summed E-state index contributed by atoms with van der Waals surface area (Å²) >= 11 is 1.30. The van der Waals surface area contributed by atoms with Crippen LogP contribution in [0.1, 0.15) is 30.9 Å². The van der Waals surface area contributed by atoms with Gasteiger partial charge in [0.05, 0.1) is 11.4 Å². The van der Waals surface area contributed by atoms with Gasteiger partial charge in [-0.15, -0.1) is 5.10 Å². The normalized spacial score (nSPS) is 10.9. The van der Waals surface area contributed by atoms with E-state index >= 15 is 0 Å². The average molecular weight is 367 g/mol. The Morgan fingerprint density at radius 3 is 2.46 bits per heavy atom. The minimum Gasteiger partial charge on any atom is -0.325 e. The van der Waals surface area contributed by atoms with E-state index in [1.807, 2.05) is 43.3 Å². The van der Waals surface area contributed by atoms with Gasteiger partial charge in [0.2, 0.25) is 11.1 Å². The van der Waals surface area contributed by atoms with Gasteiger partial charge in [0.1, 0.15) is 0 Å². The molecule has 3 rings (SSSR count). The highest BCUT2D eigenvalue weighted by Gasteiger charge is 2.12. The second-order valence-electron chi connectivity index (χ2n) is 6.32. The van der Waals surface area contributed by atoms with Crippen molar-refractivity contribution in [2.24, 2.45) is 0 Å². The second kappa shape index (κ2) is 8.14. The van der Waals surface area contributed by atoms with E-state index in [-0.39, 0.29) is 11.7 Å². The van der Waals surface area contributed by atoms with E-state index in [0.717, 1.165) is 16.9 Å². The Labute approximate surface area is 157 Å². The summed E-state index contributed by atoms with van der Waals surface area (Å²) in [6.07, 6.45) is 0. The first-order valence-electron chi connectivity index (χ1n) is 8.41. The maximum Gasteiger partial charge on any atom is 0.234 e. The quantitative estimate of drug-likeness (QED) is 0.671. The molecule has 1 amide bonds. The number of carbonyl (C=O) groups excluding carboxylic acids is 1. The maximum atomic E-state index is 12.2. The largest absolute Gasteiger partial charge is 0.325 e. The highest BCUT2D eigenvalue weighted by molar-refractivity contribution is 7.99. The van der Waals surface area contributed by atoms with E-state index in [0.29, 0.717) is 11.1 Å². The highest BCUT2D eigenvalue weighted by atomic mass is 32.2. The first kappa shape index (κ1) is 18.1. The summed E-state index contributed by atoms with van der Waals surface area (Å²) in [5.74, 6) is 0.610. The number of nitrogens with one attached hydrogen (secondary N) is 1. The lowest BCUT2D eigenvalue weighted by atomic mass is 10.0. The molecule has 134 valence electrons. The van der Waals surface area contributed by atoms with Gasteiger partial charge >= 0.3 is 0 Å². The van der Waals surface area contributed by atoms with E-state index in [2.05, 4.69) is 46.8 Å². The lowest BCUT2D eigenvalue weighted by Gasteiger charge is -2.08. The molecule has 0 saturated carbocycles. The molecule has 7 heteroatoms. The Balaban J connectivity index is 1.63. The summed E-state index contributed by atoms with van der Waals surface area (Å²) in [5, 5.41) is 15.3. The van der Waals surface area contributed by atoms with Crippen molar-refractivity contribution in [3.63, 3.8) is 0 Å². The smallest absolute Gasteiger partial charge is 0.234 e. The molecule has 3 aromatic rings. The predicted octanol–water partition coefficient (Wildman–Crippen LogP) is 3.82. The van der Waals surface area contributed by atoms with Crippen LogP contribution in [0, 0.1) is 6.92 Å². The lowest BCUT2D eigenvalue weighted by molar-refractivity contribution is -0.113. The Kier molecular flexibility index (Phi) is 5.68. The average Bonchev–Trinajstić information content (AvgIpc) is 3.10. The zero-order valence-electron chi connectivity index (χ0n) is 15.0. The number of nitrogens with zero attached hydrogens (tertiary/aromatic N) is 4. The van der Waals surface area contributed by atoms with Crippen LogP contribution in [0.2, 0.25) is 0 Å². The molecule has 0 aliphatic rings. The van der Waals surface area contributed by atoms with Crippen LogP contribution in [-0.4, -0.2) is 31.9 Å².